The minimum absolute atomic E-state index is 0.0201. The molecule has 0 radical (unpaired) electrons. The molecule has 2 aromatic carbocycles. The smallest absolute Gasteiger partial charge is 0.387 e. The molecule has 0 saturated carbocycles. The molecular weight excluding hydrogens is 368 g/mol. The van der Waals surface area contributed by atoms with Crippen LogP contribution in [0.3, 0.4) is 0 Å². The summed E-state index contributed by atoms with van der Waals surface area (Å²) in [6.07, 6.45) is 1.84. The van der Waals surface area contributed by atoms with Crippen LogP contribution in [0.15, 0.2) is 48.5 Å². The molecule has 1 unspecified atom stereocenters. The summed E-state index contributed by atoms with van der Waals surface area (Å²) in [4.78, 5) is 14.6. The first kappa shape index (κ1) is 20.1. The van der Waals surface area contributed by atoms with Crippen molar-refractivity contribution in [2.24, 2.45) is 0 Å². The number of halogens is 2. The zero-order valence-electron chi connectivity index (χ0n) is 15.4. The zero-order valence-corrected chi connectivity index (χ0v) is 15.4. The van der Waals surface area contributed by atoms with E-state index in [0.717, 1.165) is 12.8 Å². The van der Waals surface area contributed by atoms with Crippen molar-refractivity contribution in [3.63, 3.8) is 0 Å². The third kappa shape index (κ3) is 5.66. The van der Waals surface area contributed by atoms with Gasteiger partial charge >= 0.3 is 6.61 Å². The van der Waals surface area contributed by atoms with Crippen molar-refractivity contribution in [2.45, 2.75) is 38.5 Å². The van der Waals surface area contributed by atoms with E-state index in [4.69, 9.17) is 4.74 Å². The number of alkyl halides is 2. The van der Waals surface area contributed by atoms with Crippen LogP contribution >= 0.6 is 0 Å². The highest BCUT2D eigenvalue weighted by atomic mass is 19.3. The van der Waals surface area contributed by atoms with Crippen LogP contribution in [0.4, 0.5) is 8.78 Å². The molecule has 1 saturated heterocycles. The van der Waals surface area contributed by atoms with Crippen LogP contribution < -0.4 is 4.74 Å². The Kier molecular flexibility index (Phi) is 6.81. The molecule has 1 heterocycles. The van der Waals surface area contributed by atoms with Gasteiger partial charge in [0.1, 0.15) is 11.5 Å². The summed E-state index contributed by atoms with van der Waals surface area (Å²) in [6, 6.07) is 13.0. The number of ether oxygens (including phenoxy) is 2. The van der Waals surface area contributed by atoms with Crippen molar-refractivity contribution < 1.29 is 28.2 Å². The first-order chi connectivity index (χ1) is 13.5. The summed E-state index contributed by atoms with van der Waals surface area (Å²) in [6.45, 7) is -1.57. The van der Waals surface area contributed by atoms with Gasteiger partial charge in [0, 0.05) is 25.3 Å². The van der Waals surface area contributed by atoms with Crippen molar-refractivity contribution in [1.82, 2.24) is 4.90 Å². The molecule has 7 heteroatoms. The van der Waals surface area contributed by atoms with E-state index in [1.165, 1.54) is 12.1 Å². The maximum Gasteiger partial charge on any atom is 0.387 e. The summed E-state index contributed by atoms with van der Waals surface area (Å²) in [7, 11) is 0. The van der Waals surface area contributed by atoms with E-state index < -0.39 is 6.61 Å². The average molecular weight is 391 g/mol. The van der Waals surface area contributed by atoms with Crippen LogP contribution in [0.25, 0.3) is 0 Å². The van der Waals surface area contributed by atoms with Gasteiger partial charge in [-0.15, -0.1) is 0 Å². The fourth-order valence-corrected chi connectivity index (χ4v) is 3.26. The number of amides is 1. The molecule has 150 valence electrons. The normalized spacial score (nSPS) is 16.3. The molecule has 5 nitrogen and oxygen atoms in total. The minimum Gasteiger partial charge on any atom is -0.508 e. The lowest BCUT2D eigenvalue weighted by atomic mass is 10.1. The third-order valence-corrected chi connectivity index (χ3v) is 4.63. The summed E-state index contributed by atoms with van der Waals surface area (Å²) in [5.41, 5.74) is 1.22. The number of carbonyl (C=O) groups is 1. The largest absolute Gasteiger partial charge is 0.508 e. The molecule has 0 aromatic heterocycles. The number of hydrogen-bond acceptors (Lipinski definition) is 4. The Bertz CT molecular complexity index is 793. The predicted octanol–water partition coefficient (Wildman–Crippen LogP) is 3.74. The minimum atomic E-state index is -2.91. The number of phenols is 1. The van der Waals surface area contributed by atoms with Gasteiger partial charge in [0.15, 0.2) is 0 Å². The topological polar surface area (TPSA) is 59.0 Å². The van der Waals surface area contributed by atoms with Gasteiger partial charge in [-0.25, -0.2) is 0 Å². The van der Waals surface area contributed by atoms with Crippen molar-refractivity contribution >= 4 is 5.91 Å². The fraction of sp³-hybridized carbons (Fsp3) is 0.381. The summed E-state index contributed by atoms with van der Waals surface area (Å²) in [5.74, 6) is -0.0281. The number of phenolic OH excluding ortho intramolecular Hbond substituents is 1. The van der Waals surface area contributed by atoms with Crippen LogP contribution in [-0.4, -0.2) is 41.8 Å². The lowest BCUT2D eigenvalue weighted by Crippen LogP contribution is -2.37. The highest BCUT2D eigenvalue weighted by Gasteiger charge is 2.23. The Morgan fingerprint density at radius 1 is 1.25 bits per heavy atom. The maximum atomic E-state index is 12.9. The van der Waals surface area contributed by atoms with Gasteiger partial charge in [-0.3, -0.25) is 4.79 Å². The van der Waals surface area contributed by atoms with E-state index in [9.17, 15) is 18.7 Å². The highest BCUT2D eigenvalue weighted by molar-refractivity contribution is 5.79. The van der Waals surface area contributed by atoms with Gasteiger partial charge in [-0.1, -0.05) is 30.3 Å². The van der Waals surface area contributed by atoms with Crippen LogP contribution in [-0.2, 0) is 22.5 Å². The Hall–Kier alpha value is -2.67. The molecule has 0 spiro atoms. The zero-order chi connectivity index (χ0) is 19.9. The van der Waals surface area contributed by atoms with Gasteiger partial charge in [0.05, 0.1) is 12.5 Å². The lowest BCUT2D eigenvalue weighted by molar-refractivity contribution is -0.132. The van der Waals surface area contributed by atoms with Crippen molar-refractivity contribution in [1.29, 1.82) is 0 Å². The number of rotatable bonds is 8. The molecule has 1 atom stereocenters. The molecule has 3 rings (SSSR count). The molecule has 0 bridgehead atoms. The van der Waals surface area contributed by atoms with Gasteiger partial charge in [0.2, 0.25) is 5.91 Å². The molecule has 0 aliphatic carbocycles. The molecule has 2 aromatic rings. The van der Waals surface area contributed by atoms with Crippen LogP contribution in [0.1, 0.15) is 24.0 Å². The number of aromatic hydroxyl groups is 1. The van der Waals surface area contributed by atoms with Gasteiger partial charge < -0.3 is 19.5 Å². The second-order valence-corrected chi connectivity index (χ2v) is 6.74. The predicted molar refractivity (Wildman–Crippen MR) is 99.3 cm³/mol. The number of hydrogen-bond donors (Lipinski definition) is 1. The second kappa shape index (κ2) is 9.50. The first-order valence-electron chi connectivity index (χ1n) is 9.21. The summed E-state index contributed by atoms with van der Waals surface area (Å²) in [5, 5.41) is 10.1. The fourth-order valence-electron chi connectivity index (χ4n) is 3.26. The van der Waals surface area contributed by atoms with E-state index in [0.29, 0.717) is 24.3 Å². The Labute approximate surface area is 162 Å². The van der Waals surface area contributed by atoms with Gasteiger partial charge in [-0.05, 0) is 36.6 Å². The van der Waals surface area contributed by atoms with Gasteiger partial charge in [0.25, 0.3) is 0 Å². The summed E-state index contributed by atoms with van der Waals surface area (Å²) >= 11 is 0. The monoisotopic (exact) mass is 391 g/mol. The number of benzene rings is 2. The lowest BCUT2D eigenvalue weighted by Gasteiger charge is -2.26. The molecule has 1 fully saturated rings. The van der Waals surface area contributed by atoms with E-state index in [1.807, 2.05) is 0 Å². The third-order valence-electron chi connectivity index (χ3n) is 4.63. The number of carbonyl (C=O) groups excluding carboxylic acids is 1. The van der Waals surface area contributed by atoms with Crippen LogP contribution in [0, 0.1) is 0 Å². The van der Waals surface area contributed by atoms with E-state index in [2.05, 4.69) is 4.74 Å². The second-order valence-electron chi connectivity index (χ2n) is 6.74. The molecule has 28 heavy (non-hydrogen) atoms. The molecule has 1 aliphatic rings. The Morgan fingerprint density at radius 2 is 2.07 bits per heavy atom. The van der Waals surface area contributed by atoms with E-state index in [-0.39, 0.29) is 36.5 Å². The van der Waals surface area contributed by atoms with Gasteiger partial charge in [-0.2, -0.15) is 8.78 Å². The van der Waals surface area contributed by atoms with Crippen LogP contribution in [0.2, 0.25) is 0 Å². The average Bonchev–Trinajstić information content (AvgIpc) is 3.16. The number of nitrogens with zero attached hydrogens (tertiary/aromatic N) is 1. The van der Waals surface area contributed by atoms with Crippen molar-refractivity contribution in [3.8, 4) is 11.5 Å². The van der Waals surface area contributed by atoms with Crippen molar-refractivity contribution in [2.75, 3.05) is 13.2 Å². The first-order valence-corrected chi connectivity index (χ1v) is 9.21. The highest BCUT2D eigenvalue weighted by Crippen LogP contribution is 2.22. The Morgan fingerprint density at radius 3 is 2.79 bits per heavy atom. The summed E-state index contributed by atoms with van der Waals surface area (Å²) < 4.78 is 34.9. The SMILES string of the molecule is O=C(Cc1cccc(OC(F)F)c1)N(Cc1ccccc1O)CC1CCCO1. The molecule has 1 N–H and O–H groups in total. The molecule has 1 amide bonds. The van der Waals surface area contributed by atoms with Crippen LogP contribution in [0.5, 0.6) is 11.5 Å². The quantitative estimate of drug-likeness (QED) is 0.745. The molecular formula is C21H23F2NO4. The van der Waals surface area contributed by atoms with Crippen molar-refractivity contribution in [3.05, 3.63) is 59.7 Å². The molecule has 1 aliphatic heterocycles. The maximum absolute atomic E-state index is 12.9. The number of para-hydroxylation sites is 1. The standard InChI is InChI=1S/C21H23F2NO4/c22-21(23)28-17-7-3-5-15(11-17)12-20(26)24(14-18-8-4-10-27-18)13-16-6-1-2-9-19(16)25/h1-3,5-7,9,11,18,21,25H,4,8,10,12-14H2. The Balaban J connectivity index is 1.73. The van der Waals surface area contributed by atoms with E-state index in [1.54, 1.807) is 41.3 Å². The van der Waals surface area contributed by atoms with E-state index >= 15 is 0 Å².